The Labute approximate surface area is 299 Å². The lowest BCUT2D eigenvalue weighted by Crippen LogP contribution is -2.27. The lowest BCUT2D eigenvalue weighted by molar-refractivity contribution is -0.154. The fourth-order valence-corrected chi connectivity index (χ4v) is 6.69. The van der Waals surface area contributed by atoms with E-state index in [1.54, 1.807) is 0 Å². The molecule has 0 amide bonds. The fourth-order valence-electron chi connectivity index (χ4n) is 6.69. The van der Waals surface area contributed by atoms with Gasteiger partial charge in [0, 0.05) is 6.04 Å². The van der Waals surface area contributed by atoms with Crippen LogP contribution in [0.1, 0.15) is 187 Å². The summed E-state index contributed by atoms with van der Waals surface area (Å²) in [5, 5.41) is 0. The van der Waals surface area contributed by atoms with Gasteiger partial charge in [-0.1, -0.05) is 139 Å². The lowest BCUT2D eigenvalue weighted by atomic mass is 10.0. The van der Waals surface area contributed by atoms with Crippen molar-refractivity contribution in [2.24, 2.45) is 5.92 Å². The first-order valence-corrected chi connectivity index (χ1v) is 20.7. The third-order valence-electron chi connectivity index (χ3n) is 9.91. The molecule has 0 heterocycles. The molecule has 0 bridgehead atoms. The number of nitrogens with zero attached hydrogens (tertiary/aromatic N) is 1. The van der Waals surface area contributed by atoms with Gasteiger partial charge in [-0.25, -0.2) is 0 Å². The molecule has 3 heteroatoms. The van der Waals surface area contributed by atoms with Gasteiger partial charge in [0.15, 0.2) is 0 Å². The third-order valence-corrected chi connectivity index (χ3v) is 9.91. The first-order valence-electron chi connectivity index (χ1n) is 20.7. The van der Waals surface area contributed by atoms with Crippen molar-refractivity contribution in [1.29, 1.82) is 0 Å². The predicted octanol–water partition coefficient (Wildman–Crippen LogP) is 13.8. The Morgan fingerprint density at radius 1 is 0.583 bits per heavy atom. The Morgan fingerprint density at radius 3 is 1.48 bits per heavy atom. The van der Waals surface area contributed by atoms with Crippen LogP contribution in [0.2, 0.25) is 0 Å². The minimum absolute atomic E-state index is 0.0845. The molecule has 1 aliphatic carbocycles. The van der Waals surface area contributed by atoms with Crippen molar-refractivity contribution >= 4 is 5.97 Å². The number of carbonyl (C=O) groups excluding carboxylic acids is 1. The zero-order chi connectivity index (χ0) is 34.8. The Balaban J connectivity index is 2.21. The molecule has 3 unspecified atom stereocenters. The zero-order valence-corrected chi connectivity index (χ0v) is 32.4. The van der Waals surface area contributed by atoms with E-state index in [2.05, 4.69) is 93.6 Å². The molecule has 0 radical (unpaired) electrons. The van der Waals surface area contributed by atoms with Crippen LogP contribution in [0.15, 0.2) is 60.8 Å². The molecule has 0 aromatic heterocycles. The Morgan fingerprint density at radius 2 is 1.02 bits per heavy atom. The van der Waals surface area contributed by atoms with Gasteiger partial charge in [-0.15, -0.1) is 0 Å². The Kier molecular flexibility index (Phi) is 30.9. The number of unbranched alkanes of at least 4 members (excludes halogenated alkanes) is 15. The molecule has 0 saturated heterocycles. The van der Waals surface area contributed by atoms with E-state index in [0.29, 0.717) is 6.04 Å². The van der Waals surface area contributed by atoms with Gasteiger partial charge in [-0.05, 0) is 123 Å². The summed E-state index contributed by atoms with van der Waals surface area (Å²) < 4.78 is 6.23. The van der Waals surface area contributed by atoms with Crippen molar-refractivity contribution in [3.05, 3.63) is 60.8 Å². The number of rotatable bonds is 32. The Hall–Kier alpha value is -1.87. The standard InChI is InChI=1S/C45H79NO2/c1-5-7-9-11-13-15-17-19-21-23-25-27-29-31-33-35-37-44(48-45(47)42-39-40-43(41-42)46(3)4)38-36-34-32-30-28-26-24-22-20-18-16-14-12-10-8-6-2/h7,9,13-16,19-22,42-44H,5-6,8,10-12,17-18,23-41H2,1-4H3/b9-7-,15-13-,16-14-,21-19-,22-20-. The second-order valence-electron chi connectivity index (χ2n) is 14.6. The van der Waals surface area contributed by atoms with E-state index in [9.17, 15) is 4.79 Å². The van der Waals surface area contributed by atoms with E-state index in [1.165, 1.54) is 116 Å². The van der Waals surface area contributed by atoms with E-state index in [1.807, 2.05) is 0 Å². The first-order chi connectivity index (χ1) is 23.6. The molecule has 0 aliphatic heterocycles. The van der Waals surface area contributed by atoms with Crippen LogP contribution in [0.3, 0.4) is 0 Å². The van der Waals surface area contributed by atoms with E-state index < -0.39 is 0 Å². The number of hydrogen-bond donors (Lipinski definition) is 0. The highest BCUT2D eigenvalue weighted by Gasteiger charge is 2.33. The van der Waals surface area contributed by atoms with Crippen molar-refractivity contribution < 1.29 is 9.53 Å². The van der Waals surface area contributed by atoms with Gasteiger partial charge >= 0.3 is 5.97 Å². The van der Waals surface area contributed by atoms with E-state index in [-0.39, 0.29) is 18.0 Å². The molecule has 1 saturated carbocycles. The molecule has 0 N–H and O–H groups in total. The lowest BCUT2D eigenvalue weighted by Gasteiger charge is -2.21. The summed E-state index contributed by atoms with van der Waals surface area (Å²) in [6, 6.07) is 0.527. The second kappa shape index (κ2) is 33.6. The first kappa shape index (κ1) is 44.2. The maximum Gasteiger partial charge on any atom is 0.309 e. The maximum absolute atomic E-state index is 13.1. The topological polar surface area (TPSA) is 29.5 Å². The van der Waals surface area contributed by atoms with E-state index in [4.69, 9.17) is 4.74 Å². The van der Waals surface area contributed by atoms with Gasteiger partial charge in [-0.3, -0.25) is 4.79 Å². The largest absolute Gasteiger partial charge is 0.462 e. The van der Waals surface area contributed by atoms with Crippen LogP contribution in [0.4, 0.5) is 0 Å². The fraction of sp³-hybridized carbons (Fsp3) is 0.756. The highest BCUT2D eigenvalue weighted by molar-refractivity contribution is 5.73. The summed E-state index contributed by atoms with van der Waals surface area (Å²) >= 11 is 0. The van der Waals surface area contributed by atoms with Crippen molar-refractivity contribution in [2.45, 2.75) is 199 Å². The van der Waals surface area contributed by atoms with Crippen LogP contribution in [0.25, 0.3) is 0 Å². The van der Waals surface area contributed by atoms with Crippen LogP contribution < -0.4 is 0 Å². The molecular weight excluding hydrogens is 587 g/mol. The van der Waals surface area contributed by atoms with E-state index in [0.717, 1.165) is 57.8 Å². The van der Waals surface area contributed by atoms with Gasteiger partial charge < -0.3 is 9.64 Å². The molecule has 1 rings (SSSR count). The summed E-state index contributed by atoms with van der Waals surface area (Å²) in [5.74, 6) is 0.185. The number of carbonyl (C=O) groups is 1. The number of esters is 1. The average Bonchev–Trinajstić information content (AvgIpc) is 3.59. The van der Waals surface area contributed by atoms with Crippen LogP contribution in [0.5, 0.6) is 0 Å². The molecule has 276 valence electrons. The summed E-state index contributed by atoms with van der Waals surface area (Å²) in [5.41, 5.74) is 0. The van der Waals surface area contributed by atoms with Crippen LogP contribution in [-0.2, 0) is 9.53 Å². The number of allylic oxidation sites excluding steroid dienone is 10. The molecular formula is C45H79NO2. The average molecular weight is 666 g/mol. The van der Waals surface area contributed by atoms with Gasteiger partial charge in [0.05, 0.1) is 5.92 Å². The molecule has 1 fully saturated rings. The summed E-state index contributed by atoms with van der Waals surface area (Å²) in [7, 11) is 4.27. The van der Waals surface area contributed by atoms with Gasteiger partial charge in [0.25, 0.3) is 0 Å². The van der Waals surface area contributed by atoms with Gasteiger partial charge in [0.1, 0.15) is 6.10 Å². The number of ether oxygens (including phenoxy) is 1. The monoisotopic (exact) mass is 666 g/mol. The van der Waals surface area contributed by atoms with Crippen LogP contribution in [0, 0.1) is 5.92 Å². The highest BCUT2D eigenvalue weighted by Crippen LogP contribution is 2.30. The number of hydrogen-bond acceptors (Lipinski definition) is 3. The molecule has 0 aromatic carbocycles. The summed E-state index contributed by atoms with van der Waals surface area (Å²) in [6.45, 7) is 4.44. The molecule has 0 aromatic rings. The van der Waals surface area contributed by atoms with Gasteiger partial charge in [-0.2, -0.15) is 0 Å². The minimum atomic E-state index is 0.0845. The SMILES string of the molecule is CC/C=C\C/C=C\C/C=C\CCCCCCCCC(CCCCCCCC/C=C\C/C=C\CCCCC)OC(=O)C1CCC(N(C)C)C1. The molecule has 0 spiro atoms. The highest BCUT2D eigenvalue weighted by atomic mass is 16.5. The van der Waals surface area contributed by atoms with E-state index >= 15 is 0 Å². The third kappa shape index (κ3) is 27.0. The van der Waals surface area contributed by atoms with Gasteiger partial charge in [0.2, 0.25) is 0 Å². The second-order valence-corrected chi connectivity index (χ2v) is 14.6. The van der Waals surface area contributed by atoms with Crippen molar-refractivity contribution in [1.82, 2.24) is 4.90 Å². The molecule has 3 nitrogen and oxygen atoms in total. The normalized spacial score (nSPS) is 17.9. The maximum atomic E-state index is 13.1. The van der Waals surface area contributed by atoms with Crippen molar-refractivity contribution in [3.8, 4) is 0 Å². The summed E-state index contributed by atoms with van der Waals surface area (Å²) in [4.78, 5) is 15.4. The van der Waals surface area contributed by atoms with Crippen LogP contribution >= 0.6 is 0 Å². The summed E-state index contributed by atoms with van der Waals surface area (Å²) in [6.07, 6.45) is 55.6. The zero-order valence-electron chi connectivity index (χ0n) is 32.4. The molecule has 48 heavy (non-hydrogen) atoms. The Bertz CT molecular complexity index is 866. The smallest absolute Gasteiger partial charge is 0.309 e. The quantitative estimate of drug-likeness (QED) is 0.0407. The molecule has 1 aliphatic rings. The van der Waals surface area contributed by atoms with Crippen molar-refractivity contribution in [2.75, 3.05) is 14.1 Å². The van der Waals surface area contributed by atoms with Crippen molar-refractivity contribution in [3.63, 3.8) is 0 Å². The minimum Gasteiger partial charge on any atom is -0.462 e. The molecule has 3 atom stereocenters. The van der Waals surface area contributed by atoms with Crippen LogP contribution in [-0.4, -0.2) is 37.1 Å². The predicted molar refractivity (Wildman–Crippen MR) is 213 cm³/mol.